The molecule has 0 aromatic heterocycles. The summed E-state index contributed by atoms with van der Waals surface area (Å²) in [5.74, 6) is 0.190. The zero-order valence-electron chi connectivity index (χ0n) is 8.16. The van der Waals surface area contributed by atoms with Gasteiger partial charge >= 0.3 is 0 Å². The SMILES string of the molecule is N=C(N)c1cc(F)ccc1SCCCO. The van der Waals surface area contributed by atoms with Gasteiger partial charge in [-0.15, -0.1) is 11.8 Å². The summed E-state index contributed by atoms with van der Waals surface area (Å²) in [7, 11) is 0. The van der Waals surface area contributed by atoms with E-state index < -0.39 is 5.82 Å². The van der Waals surface area contributed by atoms with Gasteiger partial charge in [-0.05, 0) is 24.6 Å². The zero-order valence-corrected chi connectivity index (χ0v) is 8.98. The van der Waals surface area contributed by atoms with E-state index in [1.54, 1.807) is 6.07 Å². The number of hydrogen-bond acceptors (Lipinski definition) is 3. The predicted octanol–water partition coefficient (Wildman–Crippen LogP) is 1.58. The molecule has 82 valence electrons. The summed E-state index contributed by atoms with van der Waals surface area (Å²) >= 11 is 1.46. The van der Waals surface area contributed by atoms with E-state index in [0.29, 0.717) is 12.0 Å². The van der Waals surface area contributed by atoms with Crippen LogP contribution < -0.4 is 5.73 Å². The molecular formula is C10H13FN2OS. The number of thioether (sulfide) groups is 1. The van der Waals surface area contributed by atoms with Crippen molar-refractivity contribution in [2.24, 2.45) is 5.73 Å². The van der Waals surface area contributed by atoms with Crippen LogP contribution in [0.15, 0.2) is 23.1 Å². The Morgan fingerprint density at radius 2 is 2.27 bits per heavy atom. The van der Waals surface area contributed by atoms with Crippen LogP contribution in [-0.2, 0) is 0 Å². The number of aliphatic hydroxyl groups excluding tert-OH is 1. The maximum atomic E-state index is 12.9. The van der Waals surface area contributed by atoms with Gasteiger partial charge < -0.3 is 10.8 Å². The van der Waals surface area contributed by atoms with Gasteiger partial charge in [0.1, 0.15) is 11.7 Å². The molecule has 3 nitrogen and oxygen atoms in total. The van der Waals surface area contributed by atoms with Crippen molar-refractivity contribution in [1.82, 2.24) is 0 Å². The van der Waals surface area contributed by atoms with Crippen molar-refractivity contribution in [3.63, 3.8) is 0 Å². The molecule has 1 rings (SSSR count). The normalized spacial score (nSPS) is 10.3. The van der Waals surface area contributed by atoms with Crippen LogP contribution in [0.1, 0.15) is 12.0 Å². The third-order valence-electron chi connectivity index (χ3n) is 1.79. The molecule has 0 aliphatic carbocycles. The third kappa shape index (κ3) is 3.53. The Morgan fingerprint density at radius 1 is 1.53 bits per heavy atom. The first kappa shape index (κ1) is 12.0. The number of rotatable bonds is 5. The molecule has 0 fully saturated rings. The summed E-state index contributed by atoms with van der Waals surface area (Å²) < 4.78 is 12.9. The quantitative estimate of drug-likeness (QED) is 0.310. The first-order valence-electron chi connectivity index (χ1n) is 4.52. The average Bonchev–Trinajstić information content (AvgIpc) is 2.20. The van der Waals surface area contributed by atoms with Crippen molar-refractivity contribution < 1.29 is 9.50 Å². The second-order valence-corrected chi connectivity index (χ2v) is 4.12. The first-order valence-corrected chi connectivity index (χ1v) is 5.51. The Balaban J connectivity index is 2.81. The van der Waals surface area contributed by atoms with E-state index in [-0.39, 0.29) is 12.4 Å². The minimum absolute atomic E-state index is 0.129. The first-order chi connectivity index (χ1) is 7.15. The van der Waals surface area contributed by atoms with E-state index in [4.69, 9.17) is 16.2 Å². The fourth-order valence-electron chi connectivity index (χ4n) is 1.09. The number of nitrogen functional groups attached to an aromatic ring is 1. The fourth-order valence-corrected chi connectivity index (χ4v) is 2.07. The van der Waals surface area contributed by atoms with Gasteiger partial charge in [0.2, 0.25) is 0 Å². The molecule has 0 unspecified atom stereocenters. The monoisotopic (exact) mass is 228 g/mol. The number of amidine groups is 1. The molecule has 0 aliphatic heterocycles. The molecule has 0 aliphatic rings. The summed E-state index contributed by atoms with van der Waals surface area (Å²) in [6.45, 7) is 0.129. The topological polar surface area (TPSA) is 70.1 Å². The van der Waals surface area contributed by atoms with Crippen molar-refractivity contribution in [3.8, 4) is 0 Å². The highest BCUT2D eigenvalue weighted by Gasteiger charge is 2.07. The van der Waals surface area contributed by atoms with E-state index in [0.717, 1.165) is 10.6 Å². The van der Waals surface area contributed by atoms with Crippen molar-refractivity contribution >= 4 is 17.6 Å². The van der Waals surface area contributed by atoms with Gasteiger partial charge in [0.15, 0.2) is 0 Å². The van der Waals surface area contributed by atoms with Crippen LogP contribution in [0.4, 0.5) is 4.39 Å². The molecule has 15 heavy (non-hydrogen) atoms. The Hall–Kier alpha value is -1.07. The highest BCUT2D eigenvalue weighted by atomic mass is 32.2. The zero-order chi connectivity index (χ0) is 11.3. The lowest BCUT2D eigenvalue weighted by Crippen LogP contribution is -2.12. The molecule has 0 spiro atoms. The summed E-state index contributed by atoms with van der Waals surface area (Å²) in [6.07, 6.45) is 0.666. The minimum Gasteiger partial charge on any atom is -0.396 e. The molecule has 0 bridgehead atoms. The highest BCUT2D eigenvalue weighted by molar-refractivity contribution is 7.99. The lowest BCUT2D eigenvalue weighted by molar-refractivity contribution is 0.296. The molecule has 4 N–H and O–H groups in total. The summed E-state index contributed by atoms with van der Waals surface area (Å²) in [6, 6.07) is 4.20. The third-order valence-corrected chi connectivity index (χ3v) is 2.95. The van der Waals surface area contributed by atoms with E-state index in [2.05, 4.69) is 0 Å². The Kier molecular flexibility index (Phi) is 4.58. The van der Waals surface area contributed by atoms with Crippen LogP contribution >= 0.6 is 11.8 Å². The number of nitrogens with two attached hydrogens (primary N) is 1. The fraction of sp³-hybridized carbons (Fsp3) is 0.300. The lowest BCUT2D eigenvalue weighted by Gasteiger charge is -2.07. The molecule has 0 saturated carbocycles. The van der Waals surface area contributed by atoms with Crippen LogP contribution in [-0.4, -0.2) is 23.3 Å². The smallest absolute Gasteiger partial charge is 0.124 e. The predicted molar refractivity (Wildman–Crippen MR) is 59.8 cm³/mol. The maximum Gasteiger partial charge on any atom is 0.124 e. The van der Waals surface area contributed by atoms with Gasteiger partial charge in [-0.3, -0.25) is 5.41 Å². The van der Waals surface area contributed by atoms with Crippen molar-refractivity contribution in [2.75, 3.05) is 12.4 Å². The van der Waals surface area contributed by atoms with Gasteiger partial charge in [0, 0.05) is 22.8 Å². The highest BCUT2D eigenvalue weighted by Crippen LogP contribution is 2.23. The molecule has 0 heterocycles. The molecule has 0 amide bonds. The number of benzene rings is 1. The van der Waals surface area contributed by atoms with E-state index >= 15 is 0 Å². The number of hydrogen-bond donors (Lipinski definition) is 3. The van der Waals surface area contributed by atoms with Gasteiger partial charge in [0.25, 0.3) is 0 Å². The van der Waals surface area contributed by atoms with Crippen LogP contribution in [0, 0.1) is 11.2 Å². The van der Waals surface area contributed by atoms with Gasteiger partial charge in [-0.1, -0.05) is 0 Å². The van der Waals surface area contributed by atoms with E-state index in [9.17, 15) is 4.39 Å². The molecule has 0 saturated heterocycles. The van der Waals surface area contributed by atoms with Crippen molar-refractivity contribution in [1.29, 1.82) is 5.41 Å². The van der Waals surface area contributed by atoms with Crippen LogP contribution in [0.2, 0.25) is 0 Å². The second kappa shape index (κ2) is 5.72. The largest absolute Gasteiger partial charge is 0.396 e. The Bertz CT molecular complexity index is 357. The molecule has 1 aromatic carbocycles. The molecule has 5 heteroatoms. The second-order valence-electron chi connectivity index (χ2n) is 2.98. The Morgan fingerprint density at radius 3 is 2.87 bits per heavy atom. The molecule has 1 aromatic rings. The van der Waals surface area contributed by atoms with Gasteiger partial charge in [0.05, 0.1) is 0 Å². The van der Waals surface area contributed by atoms with Crippen LogP contribution in [0.5, 0.6) is 0 Å². The van der Waals surface area contributed by atoms with Gasteiger partial charge in [-0.2, -0.15) is 0 Å². The number of halogens is 1. The molecule has 0 atom stereocenters. The summed E-state index contributed by atoms with van der Waals surface area (Å²) in [5, 5.41) is 15.9. The van der Waals surface area contributed by atoms with Crippen molar-refractivity contribution in [2.45, 2.75) is 11.3 Å². The van der Waals surface area contributed by atoms with Gasteiger partial charge in [-0.25, -0.2) is 4.39 Å². The molecular weight excluding hydrogens is 215 g/mol. The van der Waals surface area contributed by atoms with E-state index in [1.807, 2.05) is 0 Å². The van der Waals surface area contributed by atoms with E-state index in [1.165, 1.54) is 23.9 Å². The van der Waals surface area contributed by atoms with Crippen LogP contribution in [0.3, 0.4) is 0 Å². The van der Waals surface area contributed by atoms with Crippen molar-refractivity contribution in [3.05, 3.63) is 29.6 Å². The molecule has 0 radical (unpaired) electrons. The standard InChI is InChI=1S/C10H13FN2OS/c11-7-2-3-9(15-5-1-4-14)8(6-7)10(12)13/h2-3,6,14H,1,4-5H2,(H3,12,13). The minimum atomic E-state index is -0.397. The summed E-state index contributed by atoms with van der Waals surface area (Å²) in [4.78, 5) is 0.775. The summed E-state index contributed by atoms with van der Waals surface area (Å²) in [5.41, 5.74) is 5.76. The average molecular weight is 228 g/mol. The van der Waals surface area contributed by atoms with Crippen LogP contribution in [0.25, 0.3) is 0 Å². The lowest BCUT2D eigenvalue weighted by atomic mass is 10.2. The number of aliphatic hydroxyl groups is 1. The Labute approximate surface area is 92.0 Å². The number of nitrogens with one attached hydrogen (secondary N) is 1. The maximum absolute atomic E-state index is 12.9.